The molecule has 0 aliphatic carbocycles. The highest BCUT2D eigenvalue weighted by molar-refractivity contribution is 7.47. The summed E-state index contributed by atoms with van der Waals surface area (Å²) >= 11 is 0. The van der Waals surface area contributed by atoms with Crippen LogP contribution >= 0.6 is 15.6 Å². The Kier molecular flexibility index (Phi) is 57.4. The molecule has 2 unspecified atom stereocenters. The van der Waals surface area contributed by atoms with Crippen molar-refractivity contribution in [3.63, 3.8) is 0 Å². The van der Waals surface area contributed by atoms with Gasteiger partial charge in [-0.2, -0.15) is 0 Å². The number of carbonyl (C=O) groups excluding carboxylic acids is 4. The molecule has 0 bridgehead atoms. The lowest BCUT2D eigenvalue weighted by atomic mass is 10.0. The topological polar surface area (TPSA) is 237 Å². The summed E-state index contributed by atoms with van der Waals surface area (Å²) in [7, 11) is -9.87. The molecule has 0 aromatic heterocycles. The molecule has 0 aliphatic heterocycles. The van der Waals surface area contributed by atoms with Crippen molar-refractivity contribution < 1.29 is 80.2 Å². The number of ether oxygens (including phenoxy) is 4. The maximum atomic E-state index is 13.0. The average molecular weight is 1240 g/mol. The van der Waals surface area contributed by atoms with Gasteiger partial charge in [0.1, 0.15) is 19.3 Å². The van der Waals surface area contributed by atoms with E-state index in [1.165, 1.54) is 135 Å². The fraction of sp³-hybridized carbons (Fsp3) is 0.938. The van der Waals surface area contributed by atoms with Gasteiger partial charge in [-0.05, 0) is 31.6 Å². The number of aliphatic hydroxyl groups is 1. The molecule has 19 heteroatoms. The zero-order valence-corrected chi connectivity index (χ0v) is 55.8. The lowest BCUT2D eigenvalue weighted by Crippen LogP contribution is -2.30. The molecule has 84 heavy (non-hydrogen) atoms. The predicted octanol–water partition coefficient (Wildman–Crippen LogP) is 18.2. The Morgan fingerprint density at radius 2 is 0.548 bits per heavy atom. The first kappa shape index (κ1) is 82.1. The molecule has 0 heterocycles. The maximum Gasteiger partial charge on any atom is 0.472 e. The number of carbonyl (C=O) groups is 4. The first-order valence-corrected chi connectivity index (χ1v) is 37.1. The van der Waals surface area contributed by atoms with Gasteiger partial charge in [-0.1, -0.05) is 279 Å². The van der Waals surface area contributed by atoms with Crippen molar-refractivity contribution in [1.29, 1.82) is 0 Å². The Morgan fingerprint density at radius 3 is 0.810 bits per heavy atom. The highest BCUT2D eigenvalue weighted by Crippen LogP contribution is 2.45. The number of hydrogen-bond acceptors (Lipinski definition) is 15. The normalized spacial score (nSPS) is 14.2. The minimum absolute atomic E-state index is 0.104. The number of unbranched alkanes of at least 4 members (excludes halogenated alkanes) is 37. The van der Waals surface area contributed by atoms with Gasteiger partial charge in [0.15, 0.2) is 12.2 Å². The van der Waals surface area contributed by atoms with Gasteiger partial charge in [0.25, 0.3) is 0 Å². The SMILES string of the molecule is CCCCCCCCCCCCCCCCCCCCCCCCC(=O)O[C@H](COC(=O)CCCCCCCCC(C)C)COP(=O)(O)OC[C@@H](O)COP(=O)(O)OC[C@@H](COC(=O)CCCCCCC)OC(=O)CCCCCCCCCC. The van der Waals surface area contributed by atoms with Crippen molar-refractivity contribution in [1.82, 2.24) is 0 Å². The molecule has 0 spiro atoms. The van der Waals surface area contributed by atoms with Crippen molar-refractivity contribution >= 4 is 39.5 Å². The molecule has 0 saturated carbocycles. The predicted molar refractivity (Wildman–Crippen MR) is 335 cm³/mol. The van der Waals surface area contributed by atoms with Crippen molar-refractivity contribution in [2.24, 2.45) is 5.92 Å². The summed E-state index contributed by atoms with van der Waals surface area (Å²) in [4.78, 5) is 71.8. The van der Waals surface area contributed by atoms with Gasteiger partial charge < -0.3 is 33.8 Å². The van der Waals surface area contributed by atoms with Crippen LogP contribution < -0.4 is 0 Å². The third-order valence-electron chi connectivity index (χ3n) is 15.0. The molecule has 0 fully saturated rings. The highest BCUT2D eigenvalue weighted by Gasteiger charge is 2.30. The van der Waals surface area contributed by atoms with E-state index in [2.05, 4.69) is 34.6 Å². The lowest BCUT2D eigenvalue weighted by molar-refractivity contribution is -0.161. The summed E-state index contributed by atoms with van der Waals surface area (Å²) in [5.74, 6) is -1.47. The Labute approximate surface area is 511 Å². The van der Waals surface area contributed by atoms with E-state index >= 15 is 0 Å². The Bertz CT molecular complexity index is 1640. The zero-order chi connectivity index (χ0) is 62.0. The van der Waals surface area contributed by atoms with E-state index in [0.29, 0.717) is 31.6 Å². The molecule has 0 radical (unpaired) electrons. The van der Waals surface area contributed by atoms with E-state index in [9.17, 15) is 43.2 Å². The van der Waals surface area contributed by atoms with Crippen LogP contribution in [0.25, 0.3) is 0 Å². The van der Waals surface area contributed by atoms with Gasteiger partial charge in [-0.3, -0.25) is 37.3 Å². The second-order valence-corrected chi connectivity index (χ2v) is 26.9. The summed E-state index contributed by atoms with van der Waals surface area (Å²) < 4.78 is 67.7. The van der Waals surface area contributed by atoms with Gasteiger partial charge in [0.2, 0.25) is 0 Å². The largest absolute Gasteiger partial charge is 0.472 e. The van der Waals surface area contributed by atoms with Crippen molar-refractivity contribution in [3.8, 4) is 0 Å². The number of esters is 4. The second kappa shape index (κ2) is 58.7. The molecule has 0 aromatic rings. The van der Waals surface area contributed by atoms with Gasteiger partial charge in [0.05, 0.1) is 26.4 Å². The van der Waals surface area contributed by atoms with Crippen molar-refractivity contribution in [2.45, 2.75) is 348 Å². The summed E-state index contributed by atoms with van der Waals surface area (Å²) in [6.07, 6.45) is 44.0. The smallest absolute Gasteiger partial charge is 0.462 e. The molecular weight excluding hydrogens is 1110 g/mol. The van der Waals surface area contributed by atoms with Crippen LogP contribution in [0.2, 0.25) is 0 Å². The minimum atomic E-state index is -4.94. The molecule has 0 aromatic carbocycles. The number of rotatable bonds is 65. The number of hydrogen-bond donors (Lipinski definition) is 3. The van der Waals surface area contributed by atoms with E-state index in [0.717, 1.165) is 109 Å². The third kappa shape index (κ3) is 59.0. The molecule has 17 nitrogen and oxygen atoms in total. The summed E-state index contributed by atoms with van der Waals surface area (Å²) in [6.45, 7) is 6.99. The lowest BCUT2D eigenvalue weighted by Gasteiger charge is -2.21. The molecule has 0 amide bonds. The highest BCUT2D eigenvalue weighted by atomic mass is 31.2. The van der Waals surface area contributed by atoms with Gasteiger partial charge >= 0.3 is 39.5 Å². The van der Waals surface area contributed by atoms with Gasteiger partial charge in [0, 0.05) is 25.7 Å². The van der Waals surface area contributed by atoms with E-state index in [-0.39, 0.29) is 25.7 Å². The zero-order valence-electron chi connectivity index (χ0n) is 54.0. The molecular formula is C65H126O17P2. The number of phosphoric ester groups is 2. The van der Waals surface area contributed by atoms with Crippen molar-refractivity contribution in [3.05, 3.63) is 0 Å². The summed E-state index contributed by atoms with van der Waals surface area (Å²) in [5, 5.41) is 10.5. The molecule has 0 rings (SSSR count). The van der Waals surface area contributed by atoms with Gasteiger partial charge in [-0.15, -0.1) is 0 Å². The summed E-state index contributed by atoms with van der Waals surface area (Å²) in [5.41, 5.74) is 0. The quantitative estimate of drug-likeness (QED) is 0.0222. The van der Waals surface area contributed by atoms with Crippen LogP contribution in [0.1, 0.15) is 330 Å². The van der Waals surface area contributed by atoms with E-state index in [1.54, 1.807) is 0 Å². The fourth-order valence-corrected chi connectivity index (χ4v) is 11.3. The van der Waals surface area contributed by atoms with Crippen LogP contribution in [-0.4, -0.2) is 96.7 Å². The van der Waals surface area contributed by atoms with Crippen LogP contribution in [-0.2, 0) is 65.4 Å². The minimum Gasteiger partial charge on any atom is -0.462 e. The Balaban J connectivity index is 5.01. The van der Waals surface area contributed by atoms with E-state index in [1.807, 2.05) is 0 Å². The maximum absolute atomic E-state index is 13.0. The Hall–Kier alpha value is -1.94. The van der Waals surface area contributed by atoms with Crippen LogP contribution in [0.15, 0.2) is 0 Å². The first-order valence-electron chi connectivity index (χ1n) is 34.1. The molecule has 0 aliphatic rings. The van der Waals surface area contributed by atoms with E-state index < -0.39 is 97.5 Å². The van der Waals surface area contributed by atoms with Crippen molar-refractivity contribution in [2.75, 3.05) is 39.6 Å². The number of phosphoric acid groups is 2. The second-order valence-electron chi connectivity index (χ2n) is 24.0. The molecule has 498 valence electrons. The van der Waals surface area contributed by atoms with E-state index in [4.69, 9.17) is 37.0 Å². The molecule has 3 N–H and O–H groups in total. The first-order chi connectivity index (χ1) is 40.5. The molecule has 5 atom stereocenters. The average Bonchev–Trinajstić information content (AvgIpc) is 3.60. The molecule has 0 saturated heterocycles. The third-order valence-corrected chi connectivity index (χ3v) is 16.9. The van der Waals surface area contributed by atoms with Crippen LogP contribution in [0.4, 0.5) is 0 Å². The Morgan fingerprint density at radius 1 is 0.321 bits per heavy atom. The van der Waals surface area contributed by atoms with Crippen LogP contribution in [0.3, 0.4) is 0 Å². The standard InChI is InChI=1S/C65H126O17P2/c1-6-9-12-15-17-19-20-21-22-23-24-25-26-27-28-29-30-31-32-34-41-46-51-65(70)82-61(55-76-63(68)49-44-39-36-35-38-42-47-58(4)5)57-80-84(73,74)78-53-59(66)52-77-83(71,72)79-56-60(54-75-62(67)48-43-37-14-11-8-3)81-64(69)50-45-40-33-18-16-13-10-7-2/h58-61,66H,6-57H2,1-5H3,(H,71,72)(H,73,74)/t59-,60+,61+/m0/s1. The number of aliphatic hydroxyl groups excluding tert-OH is 1. The monoisotopic (exact) mass is 1240 g/mol. The van der Waals surface area contributed by atoms with Gasteiger partial charge in [-0.25, -0.2) is 9.13 Å². The van der Waals surface area contributed by atoms with Crippen LogP contribution in [0, 0.1) is 5.92 Å². The van der Waals surface area contributed by atoms with Crippen LogP contribution in [0.5, 0.6) is 0 Å². The fourth-order valence-electron chi connectivity index (χ4n) is 9.76. The summed E-state index contributed by atoms with van der Waals surface area (Å²) in [6, 6.07) is 0.